The summed E-state index contributed by atoms with van der Waals surface area (Å²) in [7, 11) is 0. The largest absolute Gasteiger partial charge is 0.482 e. The average Bonchev–Trinajstić information content (AvgIpc) is 3.33. The first-order valence-electron chi connectivity index (χ1n) is 10.8. The minimum absolute atomic E-state index is 0.218. The van der Waals surface area contributed by atoms with E-state index in [1.807, 2.05) is 0 Å². The van der Waals surface area contributed by atoms with Gasteiger partial charge >= 0.3 is 10.8 Å². The summed E-state index contributed by atoms with van der Waals surface area (Å²) in [5, 5.41) is 0.427. The molecule has 2 amide bonds. The summed E-state index contributed by atoms with van der Waals surface area (Å²) in [6.07, 6.45) is 0. The van der Waals surface area contributed by atoms with E-state index in [0.717, 1.165) is 21.8 Å². The molecule has 35 heavy (non-hydrogen) atoms. The van der Waals surface area contributed by atoms with Crippen LogP contribution in [0.25, 0.3) is 0 Å². The normalized spacial score (nSPS) is 21.0. The predicted octanol–water partition coefficient (Wildman–Crippen LogP) is 3.83. The lowest BCUT2D eigenvalue weighted by atomic mass is 9.83. The van der Waals surface area contributed by atoms with Crippen LogP contribution in [0.1, 0.15) is 23.3 Å². The molecule has 1 aromatic heterocycles. The molecule has 1 N–H and O–H groups in total. The Labute approximate surface area is 213 Å². The summed E-state index contributed by atoms with van der Waals surface area (Å²) in [5.74, 6) is -1.84. The number of thioether (sulfide) groups is 1. The van der Waals surface area contributed by atoms with Gasteiger partial charge in [-0.2, -0.15) is 0 Å². The molecule has 0 bridgehead atoms. The lowest BCUT2D eigenvalue weighted by Crippen LogP contribution is -2.32. The average molecular weight is 531 g/mol. The van der Waals surface area contributed by atoms with Crippen LogP contribution in [-0.2, 0) is 19.1 Å². The Morgan fingerprint density at radius 1 is 1.06 bits per heavy atom. The molecule has 8 nitrogen and oxygen atoms in total. The first kappa shape index (κ1) is 23.7. The summed E-state index contributed by atoms with van der Waals surface area (Å²) < 4.78 is 10.3. The number of nitrogens with one attached hydrogen (secondary N) is 1. The number of hydrogen-bond acceptors (Lipinski definition) is 8. The molecule has 0 aliphatic carbocycles. The second-order valence-corrected chi connectivity index (χ2v) is 10.5. The van der Waals surface area contributed by atoms with Gasteiger partial charge in [0.2, 0.25) is 11.8 Å². The number of H-pyrrole nitrogens is 1. The summed E-state index contributed by atoms with van der Waals surface area (Å²) in [6.45, 7) is 1.77. The van der Waals surface area contributed by atoms with Crippen molar-refractivity contribution >= 4 is 58.2 Å². The number of carbonyl (C=O) groups is 3. The Kier molecular flexibility index (Phi) is 6.43. The fraction of sp³-hybridized carbons (Fsp3) is 0.250. The number of esters is 1. The topological polar surface area (TPSA) is 106 Å². The highest BCUT2D eigenvalue weighted by atomic mass is 35.5. The Morgan fingerprint density at radius 3 is 2.46 bits per heavy atom. The summed E-state index contributed by atoms with van der Waals surface area (Å²) in [4.78, 5) is 55.3. The number of anilines is 1. The Balaban J connectivity index is 1.49. The van der Waals surface area contributed by atoms with Gasteiger partial charge in [-0.15, -0.1) is 0 Å². The minimum atomic E-state index is -0.687. The number of nitrogens with zero attached hydrogens (tertiary/aromatic N) is 1. The fourth-order valence-electron chi connectivity index (χ4n) is 4.34. The molecular weight excluding hydrogens is 512 g/mol. The number of rotatable bonds is 6. The number of carbonyl (C=O) groups excluding carboxylic acids is 3. The molecule has 0 saturated carbocycles. The SMILES string of the molecule is CCOC(=O)COc1ccc(C2c3sc(=O)[nH]c3SC3C(=O)N(c4ccc(Cl)cc4)C(=O)C32)cc1. The molecule has 3 atom stereocenters. The van der Waals surface area contributed by atoms with Crippen molar-refractivity contribution in [3.05, 3.63) is 73.7 Å². The van der Waals surface area contributed by atoms with Gasteiger partial charge in [-0.25, -0.2) is 9.69 Å². The van der Waals surface area contributed by atoms with Gasteiger partial charge in [-0.05, 0) is 48.9 Å². The van der Waals surface area contributed by atoms with Crippen LogP contribution in [0.2, 0.25) is 5.02 Å². The Hall–Kier alpha value is -3.08. The van der Waals surface area contributed by atoms with E-state index in [1.54, 1.807) is 55.5 Å². The first-order valence-corrected chi connectivity index (χ1v) is 12.9. The molecule has 1 saturated heterocycles. The van der Waals surface area contributed by atoms with E-state index in [9.17, 15) is 19.2 Å². The lowest BCUT2D eigenvalue weighted by Gasteiger charge is -2.29. The summed E-state index contributed by atoms with van der Waals surface area (Å²) >= 11 is 8.25. The van der Waals surface area contributed by atoms with Crippen molar-refractivity contribution in [1.29, 1.82) is 0 Å². The van der Waals surface area contributed by atoms with Gasteiger partial charge in [0.15, 0.2) is 6.61 Å². The smallest absolute Gasteiger partial charge is 0.344 e. The standard InChI is InChI=1S/C24H19ClN2O6S2/c1-2-32-16(28)11-33-15-9-3-12(4-10-15)17-18-20(34-21-19(17)35-24(31)26-21)23(30)27(22(18)29)14-7-5-13(25)6-8-14/h3-10,17-18,20H,2,11H2,1H3,(H,26,31). The van der Waals surface area contributed by atoms with Crippen molar-refractivity contribution in [2.45, 2.75) is 23.1 Å². The number of fused-ring (bicyclic) bond motifs is 2. The van der Waals surface area contributed by atoms with Crippen LogP contribution < -0.4 is 14.5 Å². The zero-order chi connectivity index (χ0) is 24.7. The van der Waals surface area contributed by atoms with Crippen LogP contribution in [-0.4, -0.2) is 41.2 Å². The molecule has 3 aromatic rings. The number of aromatic amines is 1. The van der Waals surface area contributed by atoms with E-state index in [0.29, 0.717) is 21.5 Å². The molecule has 2 aliphatic rings. The van der Waals surface area contributed by atoms with E-state index >= 15 is 0 Å². The van der Waals surface area contributed by atoms with Crippen molar-refractivity contribution < 1.29 is 23.9 Å². The zero-order valence-electron chi connectivity index (χ0n) is 18.4. The quantitative estimate of drug-likeness (QED) is 0.381. The maximum absolute atomic E-state index is 13.6. The lowest BCUT2D eigenvalue weighted by molar-refractivity contribution is -0.145. The first-order chi connectivity index (χ1) is 16.9. The number of benzene rings is 2. The highest BCUT2D eigenvalue weighted by Crippen LogP contribution is 2.53. The van der Waals surface area contributed by atoms with Gasteiger partial charge in [0.1, 0.15) is 11.0 Å². The van der Waals surface area contributed by atoms with Crippen molar-refractivity contribution in [2.75, 3.05) is 18.1 Å². The van der Waals surface area contributed by atoms with Gasteiger partial charge in [0.05, 0.1) is 23.2 Å². The molecule has 0 radical (unpaired) electrons. The third-order valence-corrected chi connectivity index (χ3v) is 8.46. The van der Waals surface area contributed by atoms with Crippen molar-refractivity contribution in [1.82, 2.24) is 4.98 Å². The number of imide groups is 1. The molecule has 2 aliphatic heterocycles. The van der Waals surface area contributed by atoms with Crippen LogP contribution >= 0.6 is 34.7 Å². The number of hydrogen-bond donors (Lipinski definition) is 1. The second kappa shape index (κ2) is 9.52. The van der Waals surface area contributed by atoms with Crippen LogP contribution in [0.5, 0.6) is 5.75 Å². The van der Waals surface area contributed by atoms with E-state index in [4.69, 9.17) is 21.1 Å². The number of aromatic nitrogens is 1. The van der Waals surface area contributed by atoms with E-state index < -0.39 is 23.1 Å². The third-order valence-electron chi connectivity index (χ3n) is 5.81. The highest BCUT2D eigenvalue weighted by molar-refractivity contribution is 8.00. The molecule has 3 unspecified atom stereocenters. The molecular formula is C24H19ClN2O6S2. The zero-order valence-corrected chi connectivity index (χ0v) is 20.7. The highest BCUT2D eigenvalue weighted by Gasteiger charge is 2.56. The van der Waals surface area contributed by atoms with E-state index in [-0.39, 0.29) is 29.9 Å². The van der Waals surface area contributed by atoms with Gasteiger partial charge in [-0.3, -0.25) is 14.4 Å². The Bertz CT molecular complexity index is 1350. The third kappa shape index (κ3) is 4.37. The number of thiazole rings is 1. The van der Waals surface area contributed by atoms with E-state index in [2.05, 4.69) is 4.98 Å². The van der Waals surface area contributed by atoms with Crippen LogP contribution in [0.4, 0.5) is 5.69 Å². The Morgan fingerprint density at radius 2 is 1.77 bits per heavy atom. The monoisotopic (exact) mass is 530 g/mol. The number of halogens is 1. The fourth-order valence-corrected chi connectivity index (χ4v) is 6.98. The number of amides is 2. The summed E-state index contributed by atoms with van der Waals surface area (Å²) in [5.41, 5.74) is 1.22. The van der Waals surface area contributed by atoms with Gasteiger partial charge in [-0.1, -0.05) is 46.8 Å². The van der Waals surface area contributed by atoms with Crippen LogP contribution in [0, 0.1) is 5.92 Å². The number of ether oxygens (including phenoxy) is 2. The predicted molar refractivity (Wildman–Crippen MR) is 132 cm³/mol. The maximum Gasteiger partial charge on any atom is 0.344 e. The van der Waals surface area contributed by atoms with Crippen LogP contribution in [0.15, 0.2) is 58.4 Å². The molecule has 1 fully saturated rings. The van der Waals surface area contributed by atoms with Gasteiger partial charge < -0.3 is 14.5 Å². The maximum atomic E-state index is 13.6. The molecule has 2 aromatic carbocycles. The molecule has 0 spiro atoms. The van der Waals surface area contributed by atoms with Crippen molar-refractivity contribution in [3.8, 4) is 5.75 Å². The minimum Gasteiger partial charge on any atom is -0.482 e. The van der Waals surface area contributed by atoms with Crippen molar-refractivity contribution in [2.24, 2.45) is 5.92 Å². The molecule has 180 valence electrons. The molecule has 11 heteroatoms. The van der Waals surface area contributed by atoms with Crippen molar-refractivity contribution in [3.63, 3.8) is 0 Å². The molecule has 5 rings (SSSR count). The van der Waals surface area contributed by atoms with Crippen LogP contribution in [0.3, 0.4) is 0 Å². The van der Waals surface area contributed by atoms with Gasteiger partial charge in [0.25, 0.3) is 0 Å². The second-order valence-electron chi connectivity index (χ2n) is 7.90. The summed E-state index contributed by atoms with van der Waals surface area (Å²) in [6, 6.07) is 13.5. The van der Waals surface area contributed by atoms with E-state index in [1.165, 1.54) is 16.7 Å². The van der Waals surface area contributed by atoms with Gasteiger partial charge in [0, 0.05) is 15.8 Å². The molecule has 3 heterocycles.